The Kier molecular flexibility index (Phi) is 20.7. The van der Waals surface area contributed by atoms with Crippen molar-refractivity contribution in [1.82, 2.24) is 10.6 Å². The third-order valence-electron chi connectivity index (χ3n) is 7.59. The molecule has 0 fully saturated rings. The molecular weight excluding hydrogens is 545 g/mol. The molecule has 1 rings (SSSR count). The van der Waals surface area contributed by atoms with Crippen LogP contribution in [0.5, 0.6) is 0 Å². The number of benzene rings is 1. The minimum atomic E-state index is -1.99. The summed E-state index contributed by atoms with van der Waals surface area (Å²) in [6.07, 6.45) is 17.7. The number of carbonyl (C=O) groups is 3. The number of carboxylic acids is 1. The van der Waals surface area contributed by atoms with Crippen LogP contribution in [0, 0.1) is 11.6 Å². The summed E-state index contributed by atoms with van der Waals surface area (Å²) in [5.74, 6) is -3.50. The van der Waals surface area contributed by atoms with Crippen LogP contribution in [0.25, 0.3) is 0 Å². The standard InChI is InChI=1S/C31H51BF2N2O6/c1-35-27(31(39)40)18-16-17-21-36-29(38)20-15-13-11-9-7-5-3-2-4-6-8-10-12-14-19-28(37)30-25(33)22-24(32(41)42)23-26(30)34/h22-23,27,35,41-42H,2-21H2,1H3,(H,36,38)(H,39,40)/t27-/m0/s1. The molecule has 0 radical (unpaired) electrons. The molecule has 238 valence electrons. The molecule has 1 aromatic carbocycles. The van der Waals surface area contributed by atoms with Crippen LogP contribution in [-0.2, 0) is 9.59 Å². The lowest BCUT2D eigenvalue weighted by atomic mass is 9.79. The minimum absolute atomic E-state index is 0.0669. The molecule has 0 spiro atoms. The molecule has 1 aromatic rings. The van der Waals surface area contributed by atoms with E-state index in [-0.39, 0.29) is 17.8 Å². The smallest absolute Gasteiger partial charge is 0.480 e. The Bertz CT molecular complexity index is 912. The van der Waals surface area contributed by atoms with Crippen molar-refractivity contribution in [3.8, 4) is 0 Å². The third-order valence-corrected chi connectivity index (χ3v) is 7.59. The van der Waals surface area contributed by atoms with Gasteiger partial charge in [-0.2, -0.15) is 0 Å². The van der Waals surface area contributed by atoms with E-state index in [1.807, 2.05) is 0 Å². The molecular formula is C31H51BF2N2O6. The predicted octanol–water partition coefficient (Wildman–Crippen LogP) is 5.03. The maximum absolute atomic E-state index is 14.0. The molecule has 0 aliphatic heterocycles. The van der Waals surface area contributed by atoms with Crippen LogP contribution >= 0.6 is 0 Å². The zero-order chi connectivity index (χ0) is 31.2. The van der Waals surface area contributed by atoms with Gasteiger partial charge in [0, 0.05) is 19.4 Å². The van der Waals surface area contributed by atoms with Crippen molar-refractivity contribution in [2.45, 2.75) is 128 Å². The Morgan fingerprint density at radius 3 is 1.62 bits per heavy atom. The summed E-state index contributed by atoms with van der Waals surface area (Å²) in [6.45, 7) is 0.594. The average molecular weight is 597 g/mol. The van der Waals surface area contributed by atoms with E-state index in [1.165, 1.54) is 38.5 Å². The van der Waals surface area contributed by atoms with Crippen LogP contribution in [0.15, 0.2) is 12.1 Å². The molecule has 0 unspecified atom stereocenters. The molecule has 0 aliphatic rings. The predicted molar refractivity (Wildman–Crippen MR) is 162 cm³/mol. The number of hydrogen-bond donors (Lipinski definition) is 5. The van der Waals surface area contributed by atoms with Gasteiger partial charge in [0.1, 0.15) is 17.7 Å². The second-order valence-electron chi connectivity index (χ2n) is 11.1. The number of ketones is 1. The largest absolute Gasteiger partial charge is 0.488 e. The molecule has 8 nitrogen and oxygen atoms in total. The van der Waals surface area contributed by atoms with Crippen LogP contribution in [-0.4, -0.2) is 59.6 Å². The highest BCUT2D eigenvalue weighted by Crippen LogP contribution is 2.17. The fourth-order valence-corrected chi connectivity index (χ4v) is 5.01. The van der Waals surface area contributed by atoms with E-state index >= 15 is 0 Å². The highest BCUT2D eigenvalue weighted by atomic mass is 19.1. The topological polar surface area (TPSA) is 136 Å². The normalized spacial score (nSPS) is 11.8. The molecule has 11 heteroatoms. The number of nitrogens with one attached hydrogen (secondary N) is 2. The first-order chi connectivity index (χ1) is 20.2. The first kappa shape index (κ1) is 37.7. The first-order valence-corrected chi connectivity index (χ1v) is 15.7. The van der Waals surface area contributed by atoms with Gasteiger partial charge in [0.2, 0.25) is 5.91 Å². The quantitative estimate of drug-likeness (QED) is 0.0575. The highest BCUT2D eigenvalue weighted by Gasteiger charge is 2.22. The summed E-state index contributed by atoms with van der Waals surface area (Å²) in [4.78, 5) is 35.0. The van der Waals surface area contributed by atoms with E-state index in [9.17, 15) is 23.2 Å². The van der Waals surface area contributed by atoms with E-state index in [2.05, 4.69) is 10.6 Å². The number of likely N-dealkylation sites (N-methyl/N-ethyl adjacent to an activating group) is 1. The average Bonchev–Trinajstić information content (AvgIpc) is 2.94. The van der Waals surface area contributed by atoms with Crippen molar-refractivity contribution >= 4 is 30.2 Å². The summed E-state index contributed by atoms with van der Waals surface area (Å²) < 4.78 is 28.1. The van der Waals surface area contributed by atoms with Crippen LogP contribution in [0.2, 0.25) is 0 Å². The fraction of sp³-hybridized carbons (Fsp3) is 0.710. The number of unbranched alkanes of at least 4 members (excludes halogenated alkanes) is 14. The van der Waals surface area contributed by atoms with Crippen molar-refractivity contribution in [3.05, 3.63) is 29.3 Å². The molecule has 0 heterocycles. The van der Waals surface area contributed by atoms with E-state index in [0.29, 0.717) is 25.8 Å². The van der Waals surface area contributed by atoms with Gasteiger partial charge in [0.05, 0.1) is 5.56 Å². The lowest BCUT2D eigenvalue weighted by molar-refractivity contribution is -0.139. The summed E-state index contributed by atoms with van der Waals surface area (Å²) >= 11 is 0. The number of amides is 1. The molecule has 0 saturated carbocycles. The molecule has 0 bridgehead atoms. The minimum Gasteiger partial charge on any atom is -0.480 e. The lowest BCUT2D eigenvalue weighted by Crippen LogP contribution is -2.33. The number of carbonyl (C=O) groups excluding carboxylic acids is 2. The molecule has 0 aromatic heterocycles. The second kappa shape index (κ2) is 23.1. The SMILES string of the molecule is CN[C@@H](CCCCNC(=O)CCCCCCCCCCCCCCCCC(=O)c1c(F)cc(B(O)O)cc1F)C(=O)O. The number of Topliss-reactive ketones (excluding diaryl/α,β-unsaturated/α-hetero) is 1. The van der Waals surface area contributed by atoms with E-state index in [1.54, 1.807) is 7.05 Å². The molecule has 5 N–H and O–H groups in total. The number of hydrogen-bond acceptors (Lipinski definition) is 6. The highest BCUT2D eigenvalue weighted by molar-refractivity contribution is 6.58. The number of aliphatic carboxylic acids is 1. The first-order valence-electron chi connectivity index (χ1n) is 15.7. The molecule has 1 amide bonds. The van der Waals surface area contributed by atoms with E-state index < -0.39 is 42.1 Å². The number of carboxylic acid groups (broad SMARTS) is 1. The fourth-order valence-electron chi connectivity index (χ4n) is 5.01. The second-order valence-corrected chi connectivity index (χ2v) is 11.1. The van der Waals surface area contributed by atoms with Crippen LogP contribution in [0.1, 0.15) is 132 Å². The summed E-state index contributed by atoms with van der Waals surface area (Å²) in [6, 6.07) is 1.04. The number of halogens is 2. The number of rotatable bonds is 26. The Hall–Kier alpha value is -2.37. The Morgan fingerprint density at radius 1 is 0.738 bits per heavy atom. The van der Waals surface area contributed by atoms with Crippen molar-refractivity contribution < 1.29 is 38.3 Å². The lowest BCUT2D eigenvalue weighted by Gasteiger charge is -2.10. The summed E-state index contributed by atoms with van der Waals surface area (Å²) in [5, 5.41) is 32.7. The molecule has 42 heavy (non-hydrogen) atoms. The van der Waals surface area contributed by atoms with Gasteiger partial charge < -0.3 is 25.8 Å². The molecule has 1 atom stereocenters. The summed E-state index contributed by atoms with van der Waals surface area (Å²) in [7, 11) is -0.351. The van der Waals surface area contributed by atoms with Gasteiger partial charge in [-0.3, -0.25) is 14.4 Å². The zero-order valence-electron chi connectivity index (χ0n) is 25.3. The van der Waals surface area contributed by atoms with E-state index in [4.69, 9.17) is 15.2 Å². The van der Waals surface area contributed by atoms with Crippen molar-refractivity contribution in [3.63, 3.8) is 0 Å². The third kappa shape index (κ3) is 16.9. The van der Waals surface area contributed by atoms with Gasteiger partial charge in [-0.25, -0.2) is 8.78 Å². The van der Waals surface area contributed by atoms with Gasteiger partial charge >= 0.3 is 13.1 Å². The maximum atomic E-state index is 14.0. The monoisotopic (exact) mass is 596 g/mol. The molecule has 0 aliphatic carbocycles. The summed E-state index contributed by atoms with van der Waals surface area (Å²) in [5.41, 5.74) is -0.926. The Morgan fingerprint density at radius 2 is 1.19 bits per heavy atom. The van der Waals surface area contributed by atoms with Gasteiger partial charge in [0.25, 0.3) is 0 Å². The van der Waals surface area contributed by atoms with E-state index in [0.717, 1.165) is 69.9 Å². The van der Waals surface area contributed by atoms with Gasteiger partial charge in [-0.1, -0.05) is 77.0 Å². The van der Waals surface area contributed by atoms with Crippen molar-refractivity contribution in [2.24, 2.45) is 0 Å². The van der Waals surface area contributed by atoms with Gasteiger partial charge in [0.15, 0.2) is 5.78 Å². The Balaban J connectivity index is 1.89. The maximum Gasteiger partial charge on any atom is 0.488 e. The van der Waals surface area contributed by atoms with Crippen molar-refractivity contribution in [1.29, 1.82) is 0 Å². The van der Waals surface area contributed by atoms with Crippen molar-refractivity contribution in [2.75, 3.05) is 13.6 Å². The van der Waals surface area contributed by atoms with Gasteiger partial charge in [-0.15, -0.1) is 0 Å². The Labute approximate surface area is 250 Å². The van der Waals surface area contributed by atoms with Crippen LogP contribution in [0.4, 0.5) is 8.78 Å². The van der Waals surface area contributed by atoms with Gasteiger partial charge in [-0.05, 0) is 56.7 Å². The van der Waals surface area contributed by atoms with Crippen LogP contribution < -0.4 is 16.1 Å². The zero-order valence-corrected chi connectivity index (χ0v) is 25.3. The molecule has 0 saturated heterocycles. The van der Waals surface area contributed by atoms with Crippen LogP contribution in [0.3, 0.4) is 0 Å².